The van der Waals surface area contributed by atoms with Gasteiger partial charge in [0.05, 0.1) is 0 Å². The van der Waals surface area contributed by atoms with E-state index in [0.717, 1.165) is 12.4 Å². The van der Waals surface area contributed by atoms with Crippen molar-refractivity contribution in [3.05, 3.63) is 36.4 Å². The molecule has 0 amide bonds. The molecule has 0 aromatic carbocycles. The van der Waals surface area contributed by atoms with E-state index in [1.54, 1.807) is 18.6 Å². The van der Waals surface area contributed by atoms with E-state index in [9.17, 15) is 5.11 Å². The second kappa shape index (κ2) is 4.27. The number of hydrogen-bond donors (Lipinski definition) is 2. The molecule has 15 heavy (non-hydrogen) atoms. The normalized spacial score (nSPS) is 12.9. The molecule has 1 atom stereocenters. The van der Waals surface area contributed by atoms with Crippen LogP contribution in [0, 0.1) is 0 Å². The summed E-state index contributed by atoms with van der Waals surface area (Å²) in [6, 6.07) is 0. The highest BCUT2D eigenvalue weighted by Crippen LogP contribution is 2.13. The Morgan fingerprint density at radius 1 is 1.47 bits per heavy atom. The second-order valence-corrected chi connectivity index (χ2v) is 3.32. The fourth-order valence-corrected chi connectivity index (χ4v) is 1.55. The zero-order valence-corrected chi connectivity index (χ0v) is 8.59. The number of aryl methyl sites for hydroxylation is 1. The average molecular weight is 206 g/mol. The van der Waals surface area contributed by atoms with Crippen molar-refractivity contribution >= 4 is 0 Å². The van der Waals surface area contributed by atoms with Gasteiger partial charge in [-0.1, -0.05) is 0 Å². The summed E-state index contributed by atoms with van der Waals surface area (Å²) in [7, 11) is 0. The number of aliphatic hydroxyl groups is 1. The van der Waals surface area contributed by atoms with Crippen LogP contribution < -0.4 is 0 Å². The predicted octanol–water partition coefficient (Wildman–Crippen LogP) is 0.902. The van der Waals surface area contributed by atoms with E-state index in [4.69, 9.17) is 0 Å². The minimum absolute atomic E-state index is 0.481. The van der Waals surface area contributed by atoms with Crippen LogP contribution in [0.3, 0.4) is 0 Å². The van der Waals surface area contributed by atoms with Crippen LogP contribution in [-0.2, 0) is 13.0 Å². The van der Waals surface area contributed by atoms with Crippen molar-refractivity contribution in [1.82, 2.24) is 19.5 Å². The number of rotatable bonds is 4. The lowest BCUT2D eigenvalue weighted by Crippen LogP contribution is -2.09. The average Bonchev–Trinajstić information content (AvgIpc) is 2.87. The molecule has 0 spiro atoms. The maximum atomic E-state index is 9.85. The molecule has 0 radical (unpaired) electrons. The summed E-state index contributed by atoms with van der Waals surface area (Å²) in [4.78, 5) is 11.1. The van der Waals surface area contributed by atoms with Gasteiger partial charge in [-0.2, -0.15) is 0 Å². The number of aromatic nitrogens is 4. The van der Waals surface area contributed by atoms with E-state index in [-0.39, 0.29) is 0 Å². The third-order valence-corrected chi connectivity index (χ3v) is 2.35. The van der Waals surface area contributed by atoms with E-state index in [1.165, 1.54) is 0 Å². The molecule has 2 N–H and O–H groups in total. The topological polar surface area (TPSA) is 66.7 Å². The van der Waals surface area contributed by atoms with Crippen molar-refractivity contribution in [2.45, 2.75) is 26.0 Å². The zero-order valence-electron chi connectivity index (χ0n) is 8.59. The lowest BCUT2D eigenvalue weighted by molar-refractivity contribution is 0.165. The molecule has 2 heterocycles. The summed E-state index contributed by atoms with van der Waals surface area (Å²) >= 11 is 0. The summed E-state index contributed by atoms with van der Waals surface area (Å²) in [6.07, 6.45) is 6.84. The summed E-state index contributed by atoms with van der Waals surface area (Å²) in [5, 5.41) is 9.85. The van der Waals surface area contributed by atoms with Crippen molar-refractivity contribution < 1.29 is 5.11 Å². The predicted molar refractivity (Wildman–Crippen MR) is 55.2 cm³/mol. The van der Waals surface area contributed by atoms with Crippen LogP contribution in [-0.4, -0.2) is 24.6 Å². The van der Waals surface area contributed by atoms with Crippen LogP contribution in [0.5, 0.6) is 0 Å². The van der Waals surface area contributed by atoms with Gasteiger partial charge in [0.25, 0.3) is 0 Å². The van der Waals surface area contributed by atoms with Gasteiger partial charge in [-0.15, -0.1) is 0 Å². The Labute approximate surface area is 87.8 Å². The van der Waals surface area contributed by atoms with Crippen molar-refractivity contribution in [1.29, 1.82) is 0 Å². The van der Waals surface area contributed by atoms with Crippen LogP contribution in [0.15, 0.2) is 24.8 Å². The molecule has 0 aliphatic carbocycles. The van der Waals surface area contributed by atoms with Gasteiger partial charge in [0, 0.05) is 37.8 Å². The fraction of sp³-hybridized carbons (Fsp3) is 0.400. The number of H-pyrrole nitrogens is 1. The lowest BCUT2D eigenvalue weighted by atomic mass is 10.2. The molecule has 2 rings (SSSR count). The first-order valence-electron chi connectivity index (χ1n) is 4.98. The third-order valence-electron chi connectivity index (χ3n) is 2.35. The summed E-state index contributed by atoms with van der Waals surface area (Å²) in [6.45, 7) is 2.91. The van der Waals surface area contributed by atoms with Crippen molar-refractivity contribution in [2.75, 3.05) is 0 Å². The molecule has 0 saturated carbocycles. The van der Waals surface area contributed by atoms with E-state index in [1.807, 2.05) is 17.7 Å². The Bertz CT molecular complexity index is 407. The minimum atomic E-state index is -0.618. The smallest absolute Gasteiger partial charge is 0.135 e. The van der Waals surface area contributed by atoms with Gasteiger partial charge in [0.15, 0.2) is 0 Å². The molecule has 5 heteroatoms. The molecule has 0 bridgehead atoms. The zero-order chi connectivity index (χ0) is 10.7. The summed E-state index contributed by atoms with van der Waals surface area (Å²) in [5.41, 5.74) is 0. The molecule has 1 unspecified atom stereocenters. The van der Waals surface area contributed by atoms with Crippen molar-refractivity contribution in [2.24, 2.45) is 0 Å². The summed E-state index contributed by atoms with van der Waals surface area (Å²) in [5.74, 6) is 1.46. The van der Waals surface area contributed by atoms with E-state index >= 15 is 0 Å². The highest BCUT2D eigenvalue weighted by molar-refractivity contribution is 5.00. The Morgan fingerprint density at radius 3 is 3.00 bits per heavy atom. The van der Waals surface area contributed by atoms with Crippen LogP contribution >= 0.6 is 0 Å². The fourth-order valence-electron chi connectivity index (χ4n) is 1.55. The molecular formula is C10H14N4O. The molecule has 2 aromatic rings. The Hall–Kier alpha value is -1.62. The maximum absolute atomic E-state index is 9.85. The van der Waals surface area contributed by atoms with E-state index in [0.29, 0.717) is 12.2 Å². The third kappa shape index (κ3) is 2.07. The van der Waals surface area contributed by atoms with Crippen LogP contribution in [0.2, 0.25) is 0 Å². The standard InChI is InChI=1S/C10H14N4O/c1-2-14-6-5-11-9(14)7-8(15)10-12-3-4-13-10/h3-6,8,15H,2,7H2,1H3,(H,12,13). The lowest BCUT2D eigenvalue weighted by Gasteiger charge is -2.08. The number of nitrogens with one attached hydrogen (secondary N) is 1. The number of aromatic amines is 1. The molecular weight excluding hydrogens is 192 g/mol. The van der Waals surface area contributed by atoms with Gasteiger partial charge in [0.1, 0.15) is 17.8 Å². The van der Waals surface area contributed by atoms with Gasteiger partial charge in [0.2, 0.25) is 0 Å². The van der Waals surface area contributed by atoms with Crippen molar-refractivity contribution in [3.8, 4) is 0 Å². The quantitative estimate of drug-likeness (QED) is 0.781. The molecule has 2 aromatic heterocycles. The highest BCUT2D eigenvalue weighted by atomic mass is 16.3. The van der Waals surface area contributed by atoms with E-state index < -0.39 is 6.10 Å². The first-order chi connectivity index (χ1) is 7.31. The number of nitrogens with zero attached hydrogens (tertiary/aromatic N) is 3. The van der Waals surface area contributed by atoms with Gasteiger partial charge >= 0.3 is 0 Å². The van der Waals surface area contributed by atoms with Gasteiger partial charge in [-0.3, -0.25) is 0 Å². The number of hydrogen-bond acceptors (Lipinski definition) is 3. The van der Waals surface area contributed by atoms with Gasteiger partial charge in [-0.05, 0) is 6.92 Å². The SMILES string of the molecule is CCn1ccnc1CC(O)c1ncc[nH]1. The molecule has 80 valence electrons. The second-order valence-electron chi connectivity index (χ2n) is 3.32. The largest absolute Gasteiger partial charge is 0.385 e. The van der Waals surface area contributed by atoms with Gasteiger partial charge < -0.3 is 14.7 Å². The molecule has 0 aliphatic heterocycles. The first-order valence-corrected chi connectivity index (χ1v) is 4.98. The molecule has 5 nitrogen and oxygen atoms in total. The highest BCUT2D eigenvalue weighted by Gasteiger charge is 2.13. The van der Waals surface area contributed by atoms with Gasteiger partial charge in [-0.25, -0.2) is 9.97 Å². The van der Waals surface area contributed by atoms with E-state index in [2.05, 4.69) is 15.0 Å². The number of aliphatic hydroxyl groups excluding tert-OH is 1. The molecule has 0 aliphatic rings. The van der Waals surface area contributed by atoms with Crippen molar-refractivity contribution in [3.63, 3.8) is 0 Å². The Morgan fingerprint density at radius 2 is 2.33 bits per heavy atom. The van der Waals surface area contributed by atoms with Crippen LogP contribution in [0.25, 0.3) is 0 Å². The minimum Gasteiger partial charge on any atom is -0.385 e. The Kier molecular flexibility index (Phi) is 2.82. The van der Waals surface area contributed by atoms with Crippen LogP contribution in [0.1, 0.15) is 24.7 Å². The molecule has 0 saturated heterocycles. The first kappa shape index (κ1) is 9.92. The Balaban J connectivity index is 2.09. The summed E-state index contributed by atoms with van der Waals surface area (Å²) < 4.78 is 2.01. The van der Waals surface area contributed by atoms with Crippen LogP contribution in [0.4, 0.5) is 0 Å². The number of imidazole rings is 2. The monoisotopic (exact) mass is 206 g/mol. The maximum Gasteiger partial charge on any atom is 0.135 e. The molecule has 0 fully saturated rings.